The van der Waals surface area contributed by atoms with Crippen LogP contribution in [0.3, 0.4) is 0 Å². The van der Waals surface area contributed by atoms with Gasteiger partial charge in [0, 0.05) is 7.11 Å². The predicted octanol–water partition coefficient (Wildman–Crippen LogP) is 5.51. The van der Waals surface area contributed by atoms with Crippen molar-refractivity contribution in [3.8, 4) is 11.5 Å². The summed E-state index contributed by atoms with van der Waals surface area (Å²) in [4.78, 5) is 0. The molecule has 3 aliphatic carbocycles. The van der Waals surface area contributed by atoms with Crippen molar-refractivity contribution in [3.05, 3.63) is 23.3 Å². The summed E-state index contributed by atoms with van der Waals surface area (Å²) in [7, 11) is 3.29. The van der Waals surface area contributed by atoms with Gasteiger partial charge in [-0.15, -0.1) is 0 Å². The summed E-state index contributed by atoms with van der Waals surface area (Å²) < 4.78 is 54.2. The molecule has 1 aromatic carbocycles. The standard InChI is InChI=1S/C22H29F3O3/c1-21-9-8-14-15(17(21)6-7-20(21)27-3)5-4-13-10-18(26-2)19(11-16(13)14)28-12-22(23,24)25/h10-11,14-15,17,20H,4-9,12H2,1-3H3/t14-,15+,17-,20-,21-/m0/s1. The first-order valence-electron chi connectivity index (χ1n) is 10.2. The Labute approximate surface area is 164 Å². The largest absolute Gasteiger partial charge is 0.493 e. The van der Waals surface area contributed by atoms with Gasteiger partial charge in [-0.3, -0.25) is 0 Å². The maximum Gasteiger partial charge on any atom is 0.422 e. The normalized spacial score (nSPS) is 34.4. The third-order valence-corrected chi connectivity index (χ3v) is 7.60. The predicted molar refractivity (Wildman–Crippen MR) is 100.0 cm³/mol. The SMILES string of the molecule is COc1cc2c(cc1OCC(F)(F)F)[C@H]1CC[C@]3(C)[C@@H](OC)CC[C@H]3[C@@H]1CC2. The molecule has 0 spiro atoms. The molecule has 28 heavy (non-hydrogen) atoms. The maximum atomic E-state index is 12.7. The highest BCUT2D eigenvalue weighted by Crippen LogP contribution is 2.61. The molecule has 0 unspecified atom stereocenters. The molecular weight excluding hydrogens is 369 g/mol. The lowest BCUT2D eigenvalue weighted by Crippen LogP contribution is -2.44. The fourth-order valence-corrected chi connectivity index (χ4v) is 6.35. The fourth-order valence-electron chi connectivity index (χ4n) is 6.35. The molecule has 0 aliphatic heterocycles. The molecule has 0 saturated heterocycles. The zero-order chi connectivity index (χ0) is 20.1. The molecule has 0 amide bonds. The minimum Gasteiger partial charge on any atom is -0.493 e. The van der Waals surface area contributed by atoms with Crippen LogP contribution in [0.1, 0.15) is 56.1 Å². The summed E-state index contributed by atoms with van der Waals surface area (Å²) in [6, 6.07) is 3.71. The van der Waals surface area contributed by atoms with Gasteiger partial charge in [-0.25, -0.2) is 0 Å². The van der Waals surface area contributed by atoms with E-state index in [9.17, 15) is 13.2 Å². The van der Waals surface area contributed by atoms with Gasteiger partial charge in [0.1, 0.15) is 0 Å². The number of halogens is 3. The molecule has 6 heteroatoms. The Balaban J connectivity index is 1.64. The Kier molecular flexibility index (Phi) is 5.05. The van der Waals surface area contributed by atoms with E-state index >= 15 is 0 Å². The molecular formula is C22H29F3O3. The topological polar surface area (TPSA) is 27.7 Å². The maximum absolute atomic E-state index is 12.7. The highest BCUT2D eigenvalue weighted by atomic mass is 19.4. The molecule has 1 aromatic rings. The smallest absolute Gasteiger partial charge is 0.422 e. The second-order valence-electron chi connectivity index (χ2n) is 8.87. The number of fused-ring (bicyclic) bond motifs is 5. The molecule has 3 nitrogen and oxygen atoms in total. The Morgan fingerprint density at radius 3 is 2.54 bits per heavy atom. The number of ether oxygens (including phenoxy) is 3. The van der Waals surface area contributed by atoms with E-state index in [0.29, 0.717) is 29.6 Å². The Morgan fingerprint density at radius 1 is 1.07 bits per heavy atom. The molecule has 156 valence electrons. The van der Waals surface area contributed by atoms with Crippen molar-refractivity contribution in [2.45, 2.75) is 63.6 Å². The van der Waals surface area contributed by atoms with Gasteiger partial charge in [0.2, 0.25) is 0 Å². The van der Waals surface area contributed by atoms with Crippen LogP contribution in [-0.4, -0.2) is 33.1 Å². The van der Waals surface area contributed by atoms with Crippen LogP contribution in [-0.2, 0) is 11.2 Å². The number of alkyl halides is 3. The third kappa shape index (κ3) is 3.27. The molecule has 0 heterocycles. The van der Waals surface area contributed by atoms with Crippen LogP contribution in [0.4, 0.5) is 13.2 Å². The number of benzene rings is 1. The molecule has 3 aliphatic rings. The summed E-state index contributed by atoms with van der Waals surface area (Å²) in [5.74, 6) is 2.16. The number of hydrogen-bond acceptors (Lipinski definition) is 3. The summed E-state index contributed by atoms with van der Waals surface area (Å²) in [5, 5.41) is 0. The van der Waals surface area contributed by atoms with E-state index < -0.39 is 12.8 Å². The van der Waals surface area contributed by atoms with Gasteiger partial charge in [0.05, 0.1) is 13.2 Å². The molecule has 2 fully saturated rings. The van der Waals surface area contributed by atoms with Crippen LogP contribution >= 0.6 is 0 Å². The lowest BCUT2D eigenvalue weighted by molar-refractivity contribution is -0.153. The average Bonchev–Trinajstić information content (AvgIpc) is 3.01. The lowest BCUT2D eigenvalue weighted by atomic mass is 9.55. The van der Waals surface area contributed by atoms with Crippen molar-refractivity contribution in [1.29, 1.82) is 0 Å². The van der Waals surface area contributed by atoms with Crippen molar-refractivity contribution in [1.82, 2.24) is 0 Å². The van der Waals surface area contributed by atoms with Gasteiger partial charge >= 0.3 is 6.18 Å². The zero-order valence-electron chi connectivity index (χ0n) is 16.8. The van der Waals surface area contributed by atoms with Crippen molar-refractivity contribution in [2.75, 3.05) is 20.8 Å². The number of methoxy groups -OCH3 is 2. The van der Waals surface area contributed by atoms with Crippen LogP contribution in [0.25, 0.3) is 0 Å². The van der Waals surface area contributed by atoms with E-state index in [1.165, 1.54) is 19.1 Å². The summed E-state index contributed by atoms with van der Waals surface area (Å²) in [5.41, 5.74) is 2.58. The van der Waals surface area contributed by atoms with Crippen LogP contribution in [0.5, 0.6) is 11.5 Å². The highest BCUT2D eigenvalue weighted by molar-refractivity contribution is 5.50. The molecule has 5 atom stereocenters. The van der Waals surface area contributed by atoms with Crippen molar-refractivity contribution >= 4 is 0 Å². The lowest BCUT2D eigenvalue weighted by Gasteiger charge is -2.50. The zero-order valence-corrected chi connectivity index (χ0v) is 16.8. The second-order valence-corrected chi connectivity index (χ2v) is 8.87. The minimum atomic E-state index is -4.37. The van der Waals surface area contributed by atoms with Crippen LogP contribution in [0.2, 0.25) is 0 Å². The van der Waals surface area contributed by atoms with Gasteiger partial charge in [-0.05, 0) is 85.0 Å². The quantitative estimate of drug-likeness (QED) is 0.670. The van der Waals surface area contributed by atoms with Crippen LogP contribution in [0, 0.1) is 17.3 Å². The molecule has 0 aromatic heterocycles. The highest BCUT2D eigenvalue weighted by Gasteiger charge is 2.55. The molecule has 4 rings (SSSR count). The molecule has 0 radical (unpaired) electrons. The summed E-state index contributed by atoms with van der Waals surface area (Å²) in [6.45, 7) is 1.07. The van der Waals surface area contributed by atoms with E-state index in [4.69, 9.17) is 14.2 Å². The average molecular weight is 398 g/mol. The minimum absolute atomic E-state index is 0.203. The molecule has 0 bridgehead atoms. The number of hydrogen-bond donors (Lipinski definition) is 0. The monoisotopic (exact) mass is 398 g/mol. The van der Waals surface area contributed by atoms with E-state index in [2.05, 4.69) is 6.92 Å². The van der Waals surface area contributed by atoms with Crippen molar-refractivity contribution < 1.29 is 27.4 Å². The summed E-state index contributed by atoms with van der Waals surface area (Å²) >= 11 is 0. The number of aryl methyl sites for hydroxylation is 1. The number of rotatable bonds is 4. The Bertz CT molecular complexity index is 732. The van der Waals surface area contributed by atoms with Gasteiger partial charge in [0.15, 0.2) is 18.1 Å². The second kappa shape index (κ2) is 7.12. The first kappa shape index (κ1) is 19.9. The molecule has 2 saturated carbocycles. The van der Waals surface area contributed by atoms with Gasteiger partial charge in [0.25, 0.3) is 0 Å². The Morgan fingerprint density at radius 2 is 1.86 bits per heavy atom. The fraction of sp³-hybridized carbons (Fsp3) is 0.727. The van der Waals surface area contributed by atoms with Crippen LogP contribution < -0.4 is 9.47 Å². The first-order chi connectivity index (χ1) is 13.3. The van der Waals surface area contributed by atoms with Gasteiger partial charge in [-0.2, -0.15) is 13.2 Å². The summed E-state index contributed by atoms with van der Waals surface area (Å²) in [6.07, 6.45) is 2.46. The van der Waals surface area contributed by atoms with E-state index in [1.807, 2.05) is 19.2 Å². The third-order valence-electron chi connectivity index (χ3n) is 7.60. The van der Waals surface area contributed by atoms with Crippen LogP contribution in [0.15, 0.2) is 12.1 Å². The first-order valence-corrected chi connectivity index (χ1v) is 10.2. The van der Waals surface area contributed by atoms with E-state index in [1.54, 1.807) is 0 Å². The van der Waals surface area contributed by atoms with Crippen molar-refractivity contribution in [3.63, 3.8) is 0 Å². The molecule has 0 N–H and O–H groups in total. The van der Waals surface area contributed by atoms with Gasteiger partial charge < -0.3 is 14.2 Å². The van der Waals surface area contributed by atoms with Gasteiger partial charge in [-0.1, -0.05) is 6.92 Å². The van der Waals surface area contributed by atoms with E-state index in [-0.39, 0.29) is 11.2 Å². The van der Waals surface area contributed by atoms with Crippen molar-refractivity contribution in [2.24, 2.45) is 17.3 Å². The Hall–Kier alpha value is -1.43. The van der Waals surface area contributed by atoms with E-state index in [0.717, 1.165) is 37.7 Å².